The van der Waals surface area contributed by atoms with Crippen molar-refractivity contribution in [2.75, 3.05) is 19.0 Å². The molecule has 276 valence electrons. The molecule has 0 unspecified atom stereocenters. The summed E-state index contributed by atoms with van der Waals surface area (Å²) in [6.45, 7) is 6.21. The van der Waals surface area contributed by atoms with E-state index < -0.39 is 11.7 Å². The summed E-state index contributed by atoms with van der Waals surface area (Å²) >= 11 is 0. The van der Waals surface area contributed by atoms with E-state index in [1.807, 2.05) is 106 Å². The summed E-state index contributed by atoms with van der Waals surface area (Å²) in [5.74, 6) is 1.63. The summed E-state index contributed by atoms with van der Waals surface area (Å²) in [6, 6.07) is 30.8. The van der Waals surface area contributed by atoms with Crippen LogP contribution in [-0.4, -0.2) is 47.3 Å². The van der Waals surface area contributed by atoms with E-state index in [4.69, 9.17) is 34.3 Å². The number of ether oxygens (including phenoxy) is 3. The highest BCUT2D eigenvalue weighted by atomic mass is 16.6. The van der Waals surface area contributed by atoms with Crippen LogP contribution < -0.4 is 25.8 Å². The van der Waals surface area contributed by atoms with Crippen molar-refractivity contribution in [1.82, 2.24) is 15.3 Å². The zero-order valence-electron chi connectivity index (χ0n) is 30.8. The zero-order valence-corrected chi connectivity index (χ0v) is 30.8. The Morgan fingerprint density at radius 1 is 0.907 bits per heavy atom. The number of nitrogens with zero attached hydrogens (tertiary/aromatic N) is 3. The molecule has 0 saturated carbocycles. The normalized spacial score (nSPS) is 12.1. The summed E-state index contributed by atoms with van der Waals surface area (Å²) in [6.07, 6.45) is 8.30. The summed E-state index contributed by atoms with van der Waals surface area (Å²) in [4.78, 5) is 26.5. The maximum Gasteiger partial charge on any atom is 0.408 e. The van der Waals surface area contributed by atoms with Crippen molar-refractivity contribution in [1.29, 1.82) is 0 Å². The third kappa shape index (κ3) is 10.3. The second-order valence-corrected chi connectivity index (χ2v) is 13.6. The molecule has 0 spiro atoms. The van der Waals surface area contributed by atoms with E-state index in [9.17, 15) is 4.79 Å². The highest BCUT2D eigenvalue weighted by Gasteiger charge is 2.21. The Balaban J connectivity index is 1.33. The molecule has 11 nitrogen and oxygen atoms in total. The predicted octanol–water partition coefficient (Wildman–Crippen LogP) is 8.58. The molecule has 11 heteroatoms. The maximum absolute atomic E-state index is 12.8. The number of hydrogen-bond donors (Lipinski definition) is 3. The molecule has 0 bridgehead atoms. The predicted molar refractivity (Wildman–Crippen MR) is 211 cm³/mol. The number of methoxy groups -OCH3 is 1. The van der Waals surface area contributed by atoms with Gasteiger partial charge in [-0.25, -0.2) is 9.79 Å². The Morgan fingerprint density at radius 2 is 1.69 bits per heavy atom. The molecule has 0 aliphatic rings. The number of carbonyl (C=O) groups is 1. The van der Waals surface area contributed by atoms with Crippen molar-refractivity contribution in [3.63, 3.8) is 0 Å². The Bertz CT molecular complexity index is 2150. The number of alkyl carbamates (subject to hydrolysis) is 1. The minimum Gasteiger partial charge on any atom is -0.497 e. The Hall–Kier alpha value is -6.62. The highest BCUT2D eigenvalue weighted by Crippen LogP contribution is 2.35. The van der Waals surface area contributed by atoms with Crippen LogP contribution in [0.5, 0.6) is 11.5 Å². The van der Waals surface area contributed by atoms with Gasteiger partial charge < -0.3 is 35.0 Å². The van der Waals surface area contributed by atoms with Crippen LogP contribution in [0.1, 0.15) is 37.5 Å². The molecule has 0 fully saturated rings. The lowest BCUT2D eigenvalue weighted by atomic mass is 9.97. The van der Waals surface area contributed by atoms with Crippen molar-refractivity contribution in [2.45, 2.75) is 45.4 Å². The van der Waals surface area contributed by atoms with Gasteiger partial charge in [-0.2, -0.15) is 0 Å². The van der Waals surface area contributed by atoms with Gasteiger partial charge in [0.15, 0.2) is 0 Å². The lowest BCUT2D eigenvalue weighted by Crippen LogP contribution is -2.43. The zero-order chi connectivity index (χ0) is 37.9. The number of rotatable bonds is 14. The number of aromatic nitrogens is 2. The Labute approximate surface area is 315 Å². The van der Waals surface area contributed by atoms with Gasteiger partial charge in [0.25, 0.3) is 0 Å². The number of furan rings is 1. The molecule has 6 aromatic rings. The van der Waals surface area contributed by atoms with Crippen LogP contribution in [0.25, 0.3) is 22.4 Å². The third-order valence-corrected chi connectivity index (χ3v) is 8.32. The van der Waals surface area contributed by atoms with Gasteiger partial charge in [-0.3, -0.25) is 9.97 Å². The van der Waals surface area contributed by atoms with Gasteiger partial charge in [-0.1, -0.05) is 48.5 Å². The quantitative estimate of drug-likeness (QED) is 0.0743. The number of amidine groups is 1. The molecule has 0 saturated heterocycles. The number of amides is 1. The first-order chi connectivity index (χ1) is 26.1. The highest BCUT2D eigenvalue weighted by molar-refractivity contribution is 6.05. The monoisotopic (exact) mass is 724 g/mol. The molecule has 1 atom stereocenters. The molecule has 0 aliphatic heterocycles. The fourth-order valence-corrected chi connectivity index (χ4v) is 5.73. The summed E-state index contributed by atoms with van der Waals surface area (Å²) in [5, 5.41) is 6.52. The fourth-order valence-electron chi connectivity index (χ4n) is 5.73. The first-order valence-electron chi connectivity index (χ1n) is 17.6. The molecule has 0 aliphatic carbocycles. The summed E-state index contributed by atoms with van der Waals surface area (Å²) in [5.41, 5.74) is 13.5. The van der Waals surface area contributed by atoms with E-state index in [-0.39, 0.29) is 12.6 Å². The third-order valence-electron chi connectivity index (χ3n) is 8.32. The lowest BCUT2D eigenvalue weighted by molar-refractivity contribution is 0.0487. The van der Waals surface area contributed by atoms with Crippen LogP contribution in [0.3, 0.4) is 0 Å². The summed E-state index contributed by atoms with van der Waals surface area (Å²) in [7, 11) is 1.65. The first kappa shape index (κ1) is 37.1. The molecule has 1 amide bonds. The molecular formula is C43H44N6O5. The largest absolute Gasteiger partial charge is 0.497 e. The van der Waals surface area contributed by atoms with Crippen molar-refractivity contribution in [2.24, 2.45) is 10.7 Å². The summed E-state index contributed by atoms with van der Waals surface area (Å²) < 4.78 is 22.7. The number of aliphatic imine (C=N–C) groups is 1. The Kier molecular flexibility index (Phi) is 11.9. The molecule has 6 rings (SSSR count). The molecular weight excluding hydrogens is 681 g/mol. The maximum atomic E-state index is 12.8. The second-order valence-electron chi connectivity index (χ2n) is 13.6. The van der Waals surface area contributed by atoms with E-state index in [0.717, 1.165) is 39.3 Å². The van der Waals surface area contributed by atoms with Gasteiger partial charge in [0.1, 0.15) is 29.5 Å². The van der Waals surface area contributed by atoms with E-state index in [1.165, 1.54) is 0 Å². The first-order valence-corrected chi connectivity index (χ1v) is 17.6. The van der Waals surface area contributed by atoms with Crippen LogP contribution in [0.4, 0.5) is 16.2 Å². The average molecular weight is 725 g/mol. The van der Waals surface area contributed by atoms with Crippen LogP contribution in [0.2, 0.25) is 0 Å². The van der Waals surface area contributed by atoms with Gasteiger partial charge in [0, 0.05) is 41.3 Å². The van der Waals surface area contributed by atoms with Crippen LogP contribution in [-0.2, 0) is 17.7 Å². The second kappa shape index (κ2) is 17.3. The van der Waals surface area contributed by atoms with E-state index >= 15 is 0 Å². The Morgan fingerprint density at radius 3 is 2.39 bits per heavy atom. The van der Waals surface area contributed by atoms with Crippen molar-refractivity contribution in [3.05, 3.63) is 145 Å². The number of pyridine rings is 2. The molecule has 3 aromatic heterocycles. The van der Waals surface area contributed by atoms with Crippen molar-refractivity contribution < 1.29 is 23.4 Å². The molecule has 0 radical (unpaired) electrons. The molecule has 3 aromatic carbocycles. The molecule has 4 N–H and O–H groups in total. The van der Waals surface area contributed by atoms with Crippen LogP contribution in [0, 0.1) is 0 Å². The molecule has 54 heavy (non-hydrogen) atoms. The van der Waals surface area contributed by atoms with Gasteiger partial charge in [-0.05, 0) is 92.4 Å². The SMILES string of the molecule is COc1ccc(CNc2ccc(-c3cc(OC[C@H](Cc4ccccc4)NC(=O)OC(C)(C)C)cnc3-c3ccoc3)cc2C(N)=Nc2ccncc2)cc1. The number of benzene rings is 3. The number of nitrogens with one attached hydrogen (secondary N) is 2. The minimum atomic E-state index is -0.643. The van der Waals surface area contributed by atoms with Crippen molar-refractivity contribution in [3.8, 4) is 33.9 Å². The van der Waals surface area contributed by atoms with Crippen LogP contribution >= 0.6 is 0 Å². The van der Waals surface area contributed by atoms with Gasteiger partial charge >= 0.3 is 6.09 Å². The van der Waals surface area contributed by atoms with E-state index in [1.54, 1.807) is 50.4 Å². The van der Waals surface area contributed by atoms with E-state index in [0.29, 0.717) is 41.5 Å². The topological polar surface area (TPSA) is 146 Å². The van der Waals surface area contributed by atoms with Gasteiger partial charge in [0.2, 0.25) is 0 Å². The standard InChI is InChI=1S/C43H44N6O5/c1-43(2,3)54-42(50)49-34(22-29-8-6-5-7-9-29)28-53-36-24-37(40(47-26-36)32-18-21-52-27-32)31-12-15-39(46-25-30-10-13-35(51-4)14-11-30)38(23-31)41(44)48-33-16-19-45-20-17-33/h5-21,23-24,26-27,34,46H,22,25,28H2,1-4H3,(H,49,50)(H2,44,45,48)/t34-/m0/s1. The smallest absolute Gasteiger partial charge is 0.408 e. The number of carbonyl (C=O) groups excluding carboxylic acids is 1. The fraction of sp³-hybridized carbons (Fsp3) is 0.209. The lowest BCUT2D eigenvalue weighted by Gasteiger charge is -2.24. The molecule has 3 heterocycles. The van der Waals surface area contributed by atoms with E-state index in [2.05, 4.69) is 15.6 Å². The van der Waals surface area contributed by atoms with Crippen LogP contribution in [0.15, 0.2) is 138 Å². The number of anilines is 1. The average Bonchev–Trinajstić information content (AvgIpc) is 3.71. The van der Waals surface area contributed by atoms with Crippen molar-refractivity contribution >= 4 is 23.3 Å². The minimum absolute atomic E-state index is 0.172. The van der Waals surface area contributed by atoms with Gasteiger partial charge in [-0.15, -0.1) is 0 Å². The van der Waals surface area contributed by atoms with Gasteiger partial charge in [0.05, 0.1) is 43.3 Å². The number of hydrogen-bond acceptors (Lipinski definition) is 9. The number of nitrogens with two attached hydrogens (primary N) is 1.